The molecular formula is C7H15N3OS. The van der Waals surface area contributed by atoms with Crippen molar-refractivity contribution >= 4 is 18.2 Å². The maximum absolute atomic E-state index is 10.2. The van der Waals surface area contributed by atoms with Crippen LogP contribution in [-0.4, -0.2) is 43.7 Å². The van der Waals surface area contributed by atoms with E-state index < -0.39 is 0 Å². The first-order chi connectivity index (χ1) is 5.83. The lowest BCUT2D eigenvalue weighted by molar-refractivity contribution is -0.110. The van der Waals surface area contributed by atoms with Crippen LogP contribution in [-0.2, 0) is 4.79 Å². The summed E-state index contributed by atoms with van der Waals surface area (Å²) >= 11 is 1.83. The number of hydrogen-bond donors (Lipinski definition) is 3. The van der Waals surface area contributed by atoms with Gasteiger partial charge in [-0.1, -0.05) is 0 Å². The summed E-state index contributed by atoms with van der Waals surface area (Å²) in [5.74, 6) is 0.968. The Bertz CT molecular complexity index is 156. The van der Waals surface area contributed by atoms with Crippen molar-refractivity contribution in [2.45, 2.75) is 17.5 Å². The van der Waals surface area contributed by atoms with Gasteiger partial charge in [-0.2, -0.15) is 0 Å². The highest BCUT2D eigenvalue weighted by Crippen LogP contribution is 2.24. The fourth-order valence-corrected chi connectivity index (χ4v) is 2.90. The van der Waals surface area contributed by atoms with Crippen molar-refractivity contribution < 1.29 is 4.79 Å². The summed E-state index contributed by atoms with van der Waals surface area (Å²) in [6.07, 6.45) is 0.771. The number of nitrogens with one attached hydrogen (secondary N) is 3. The van der Waals surface area contributed by atoms with Crippen molar-refractivity contribution in [3.8, 4) is 0 Å². The predicted octanol–water partition coefficient (Wildman–Crippen LogP) is -1.02. The van der Waals surface area contributed by atoms with E-state index in [0.29, 0.717) is 11.4 Å². The van der Waals surface area contributed by atoms with E-state index in [1.165, 1.54) is 0 Å². The average Bonchev–Trinajstić information content (AvgIpc) is 2.47. The van der Waals surface area contributed by atoms with Crippen LogP contribution >= 0.6 is 11.8 Å². The normalized spacial score (nSPS) is 35.0. The highest BCUT2D eigenvalue weighted by molar-refractivity contribution is 8.00. The standard InChI is InChI=1S/C7H15N3OS/c1-8-6-5(10-4-11)3-12-7(6)9-2/h4-9H,3H2,1-2H3,(H,10,11). The molecule has 3 atom stereocenters. The molecule has 0 aromatic heterocycles. The van der Waals surface area contributed by atoms with Gasteiger partial charge in [-0.25, -0.2) is 0 Å². The largest absolute Gasteiger partial charge is 0.353 e. The lowest BCUT2D eigenvalue weighted by Crippen LogP contribution is -2.51. The second kappa shape index (κ2) is 4.69. The Hall–Kier alpha value is -0.260. The molecule has 1 saturated heterocycles. The Morgan fingerprint density at radius 1 is 1.42 bits per heavy atom. The minimum Gasteiger partial charge on any atom is -0.353 e. The van der Waals surface area contributed by atoms with Crippen LogP contribution in [0.4, 0.5) is 0 Å². The number of rotatable bonds is 4. The van der Waals surface area contributed by atoms with Gasteiger partial charge in [0.2, 0.25) is 6.41 Å². The number of carbonyl (C=O) groups excluding carboxylic acids is 1. The topological polar surface area (TPSA) is 53.2 Å². The van der Waals surface area contributed by atoms with E-state index in [0.717, 1.165) is 12.2 Å². The Morgan fingerprint density at radius 3 is 2.67 bits per heavy atom. The zero-order valence-electron chi connectivity index (χ0n) is 7.33. The quantitative estimate of drug-likeness (QED) is 0.496. The number of amides is 1. The fourth-order valence-electron chi connectivity index (χ4n) is 1.48. The first-order valence-corrected chi connectivity index (χ1v) is 5.04. The van der Waals surface area contributed by atoms with E-state index in [4.69, 9.17) is 0 Å². The van der Waals surface area contributed by atoms with Crippen LogP contribution in [0, 0.1) is 0 Å². The van der Waals surface area contributed by atoms with Crippen LogP contribution in [0.3, 0.4) is 0 Å². The molecule has 1 fully saturated rings. The first kappa shape index (κ1) is 9.83. The molecule has 4 nitrogen and oxygen atoms in total. The van der Waals surface area contributed by atoms with Crippen molar-refractivity contribution in [3.05, 3.63) is 0 Å². The molecule has 0 aliphatic carbocycles. The molecule has 0 aromatic carbocycles. The van der Waals surface area contributed by atoms with Crippen LogP contribution in [0.15, 0.2) is 0 Å². The molecule has 3 unspecified atom stereocenters. The summed E-state index contributed by atoms with van der Waals surface area (Å²) in [5.41, 5.74) is 0. The molecule has 70 valence electrons. The summed E-state index contributed by atoms with van der Waals surface area (Å²) in [4.78, 5) is 10.2. The maximum Gasteiger partial charge on any atom is 0.207 e. The molecular weight excluding hydrogens is 174 g/mol. The number of carbonyl (C=O) groups is 1. The van der Waals surface area contributed by atoms with Crippen LogP contribution in [0.5, 0.6) is 0 Å². The minimum atomic E-state index is 0.245. The van der Waals surface area contributed by atoms with Gasteiger partial charge in [0.15, 0.2) is 0 Å². The molecule has 0 aromatic rings. The van der Waals surface area contributed by atoms with Gasteiger partial charge in [-0.3, -0.25) is 4.79 Å². The lowest BCUT2D eigenvalue weighted by atomic mass is 10.1. The molecule has 12 heavy (non-hydrogen) atoms. The first-order valence-electron chi connectivity index (χ1n) is 3.99. The highest BCUT2D eigenvalue weighted by Gasteiger charge is 2.34. The third-order valence-electron chi connectivity index (χ3n) is 2.11. The van der Waals surface area contributed by atoms with E-state index in [-0.39, 0.29) is 6.04 Å². The summed E-state index contributed by atoms with van der Waals surface area (Å²) in [6, 6.07) is 0.570. The van der Waals surface area contributed by atoms with Crippen molar-refractivity contribution in [2.75, 3.05) is 19.8 Å². The zero-order valence-corrected chi connectivity index (χ0v) is 8.15. The molecule has 0 spiro atoms. The Morgan fingerprint density at radius 2 is 2.17 bits per heavy atom. The van der Waals surface area contributed by atoms with E-state index in [1.807, 2.05) is 25.9 Å². The van der Waals surface area contributed by atoms with Crippen LogP contribution < -0.4 is 16.0 Å². The molecule has 1 heterocycles. The molecule has 0 saturated carbocycles. The van der Waals surface area contributed by atoms with Crippen molar-refractivity contribution in [1.29, 1.82) is 0 Å². The number of thioether (sulfide) groups is 1. The third-order valence-corrected chi connectivity index (χ3v) is 3.55. The molecule has 5 heteroatoms. The van der Waals surface area contributed by atoms with Gasteiger partial charge in [0.1, 0.15) is 0 Å². The SMILES string of the molecule is CNC1SCC(NC=O)C1NC. The summed E-state index contributed by atoms with van der Waals surface area (Å²) < 4.78 is 0. The van der Waals surface area contributed by atoms with Crippen LogP contribution in [0.25, 0.3) is 0 Å². The van der Waals surface area contributed by atoms with E-state index >= 15 is 0 Å². The van der Waals surface area contributed by atoms with E-state index in [2.05, 4.69) is 16.0 Å². The number of hydrogen-bond acceptors (Lipinski definition) is 4. The van der Waals surface area contributed by atoms with Gasteiger partial charge in [-0.05, 0) is 14.1 Å². The maximum atomic E-state index is 10.2. The van der Waals surface area contributed by atoms with Crippen molar-refractivity contribution in [2.24, 2.45) is 0 Å². The van der Waals surface area contributed by atoms with Gasteiger partial charge in [0.05, 0.1) is 17.5 Å². The molecule has 1 aliphatic rings. The molecule has 0 bridgehead atoms. The van der Waals surface area contributed by atoms with Gasteiger partial charge in [0, 0.05) is 5.75 Å². The molecule has 3 N–H and O–H groups in total. The number of likely N-dealkylation sites (N-methyl/N-ethyl adjacent to an activating group) is 2. The van der Waals surface area contributed by atoms with Crippen molar-refractivity contribution in [3.63, 3.8) is 0 Å². The Balaban J connectivity index is 2.49. The van der Waals surface area contributed by atoms with Gasteiger partial charge in [0.25, 0.3) is 0 Å². The van der Waals surface area contributed by atoms with Crippen molar-refractivity contribution in [1.82, 2.24) is 16.0 Å². The van der Waals surface area contributed by atoms with Gasteiger partial charge in [-0.15, -0.1) is 11.8 Å². The highest BCUT2D eigenvalue weighted by atomic mass is 32.2. The Kier molecular flexibility index (Phi) is 3.84. The predicted molar refractivity (Wildman–Crippen MR) is 51.1 cm³/mol. The van der Waals surface area contributed by atoms with Crippen LogP contribution in [0.2, 0.25) is 0 Å². The Labute approximate surface area is 76.9 Å². The third kappa shape index (κ3) is 1.91. The summed E-state index contributed by atoms with van der Waals surface area (Å²) in [6.45, 7) is 0. The summed E-state index contributed by atoms with van der Waals surface area (Å²) in [5, 5.41) is 9.59. The zero-order chi connectivity index (χ0) is 8.97. The smallest absolute Gasteiger partial charge is 0.207 e. The van der Waals surface area contributed by atoms with Gasteiger partial charge >= 0.3 is 0 Å². The summed E-state index contributed by atoms with van der Waals surface area (Å²) in [7, 11) is 3.85. The lowest BCUT2D eigenvalue weighted by Gasteiger charge is -2.22. The molecule has 1 amide bonds. The minimum absolute atomic E-state index is 0.245. The van der Waals surface area contributed by atoms with E-state index in [9.17, 15) is 4.79 Å². The molecule has 1 rings (SSSR count). The average molecular weight is 189 g/mol. The molecule has 1 aliphatic heterocycles. The fraction of sp³-hybridized carbons (Fsp3) is 0.857. The molecule has 0 radical (unpaired) electrons. The van der Waals surface area contributed by atoms with Gasteiger partial charge < -0.3 is 16.0 Å². The monoisotopic (exact) mass is 189 g/mol. The van der Waals surface area contributed by atoms with E-state index in [1.54, 1.807) is 0 Å². The second-order valence-electron chi connectivity index (χ2n) is 2.75. The van der Waals surface area contributed by atoms with Crippen LogP contribution in [0.1, 0.15) is 0 Å². The second-order valence-corrected chi connectivity index (χ2v) is 3.92.